The first-order valence-corrected chi connectivity index (χ1v) is 9.05. The summed E-state index contributed by atoms with van der Waals surface area (Å²) in [6.07, 6.45) is 1.49. The van der Waals surface area contributed by atoms with E-state index < -0.39 is 5.91 Å². The molecule has 148 valence electrons. The van der Waals surface area contributed by atoms with Crippen LogP contribution in [0, 0.1) is 0 Å². The minimum Gasteiger partial charge on any atom is -0.508 e. The number of carbonyl (C=O) groups is 2. The highest BCUT2D eigenvalue weighted by molar-refractivity contribution is 6.12. The van der Waals surface area contributed by atoms with Gasteiger partial charge in [0.2, 0.25) is 5.91 Å². The number of nitrogens with two attached hydrogens (primary N) is 1. The molecule has 7 nitrogen and oxygen atoms in total. The van der Waals surface area contributed by atoms with Gasteiger partial charge in [0.15, 0.2) is 11.7 Å². The summed E-state index contributed by atoms with van der Waals surface area (Å²) in [6.45, 7) is 0. The van der Waals surface area contributed by atoms with Crippen molar-refractivity contribution >= 4 is 34.5 Å². The van der Waals surface area contributed by atoms with E-state index in [1.807, 2.05) is 0 Å². The lowest BCUT2D eigenvalue weighted by Gasteiger charge is -2.03. The van der Waals surface area contributed by atoms with Gasteiger partial charge in [-0.15, -0.1) is 0 Å². The zero-order valence-corrected chi connectivity index (χ0v) is 15.7. The molecule has 0 saturated heterocycles. The number of hydrogen-bond acceptors (Lipinski definition) is 5. The molecule has 0 unspecified atom stereocenters. The van der Waals surface area contributed by atoms with Crippen molar-refractivity contribution in [2.45, 2.75) is 0 Å². The number of aromatic hydroxyl groups is 2. The molecule has 7 heteroatoms. The first kappa shape index (κ1) is 18.9. The molecule has 4 aromatic rings. The molecule has 0 spiro atoms. The predicted octanol–water partition coefficient (Wildman–Crippen LogP) is 3.66. The largest absolute Gasteiger partial charge is 0.508 e. The average molecular weight is 399 g/mol. The van der Waals surface area contributed by atoms with Gasteiger partial charge in [-0.2, -0.15) is 0 Å². The fraction of sp³-hybridized carbons (Fsp3) is 0. The number of rotatable bonds is 5. The molecule has 0 atom stereocenters. The summed E-state index contributed by atoms with van der Waals surface area (Å²) in [5, 5.41) is 20.5. The average Bonchev–Trinajstić information content (AvgIpc) is 3.06. The lowest BCUT2D eigenvalue weighted by atomic mass is 10.0. The van der Waals surface area contributed by atoms with E-state index in [1.165, 1.54) is 24.4 Å². The number of phenols is 1. The van der Waals surface area contributed by atoms with E-state index in [2.05, 4.69) is 9.98 Å². The number of aliphatic imine (C=N–C) groups is 1. The molecule has 5 N–H and O–H groups in total. The van der Waals surface area contributed by atoms with E-state index in [0.717, 1.165) is 0 Å². The molecule has 0 aliphatic rings. The fourth-order valence-corrected chi connectivity index (χ4v) is 3.14. The highest BCUT2D eigenvalue weighted by Crippen LogP contribution is 2.28. The van der Waals surface area contributed by atoms with Crippen molar-refractivity contribution in [1.29, 1.82) is 0 Å². The van der Waals surface area contributed by atoms with Crippen molar-refractivity contribution < 1.29 is 19.8 Å². The molecule has 0 radical (unpaired) electrons. The number of fused-ring (bicyclic) bond motifs is 1. The number of amides is 1. The van der Waals surface area contributed by atoms with Crippen molar-refractivity contribution in [2.24, 2.45) is 10.7 Å². The van der Waals surface area contributed by atoms with Gasteiger partial charge in [0.1, 0.15) is 5.75 Å². The number of nitrogens with zero attached hydrogens (tertiary/aromatic N) is 1. The number of aromatic nitrogens is 1. The highest BCUT2D eigenvalue weighted by atomic mass is 16.3. The molecule has 1 amide bonds. The number of hydrogen-bond donors (Lipinski definition) is 4. The smallest absolute Gasteiger partial charge is 0.248 e. The summed E-state index contributed by atoms with van der Waals surface area (Å²) in [7, 11) is 0. The van der Waals surface area contributed by atoms with Gasteiger partial charge in [-0.05, 0) is 30.3 Å². The maximum atomic E-state index is 12.8. The molecule has 0 fully saturated rings. The Morgan fingerprint density at radius 2 is 1.60 bits per heavy atom. The Labute approximate surface area is 171 Å². The molecule has 30 heavy (non-hydrogen) atoms. The molecule has 3 aromatic carbocycles. The number of nitrogens with one attached hydrogen (secondary N) is 1. The molecule has 0 aliphatic carbocycles. The first-order chi connectivity index (χ1) is 14.4. The van der Waals surface area contributed by atoms with E-state index in [9.17, 15) is 19.8 Å². The van der Waals surface area contributed by atoms with Crippen molar-refractivity contribution in [3.05, 3.63) is 89.0 Å². The number of carbonyl (C=O) groups excluding carboxylic acids is 2. The zero-order valence-electron chi connectivity index (χ0n) is 15.7. The summed E-state index contributed by atoms with van der Waals surface area (Å²) in [6, 6.07) is 17.6. The van der Waals surface area contributed by atoms with Gasteiger partial charge in [-0.3, -0.25) is 14.6 Å². The van der Waals surface area contributed by atoms with Gasteiger partial charge >= 0.3 is 0 Å². The predicted molar refractivity (Wildman–Crippen MR) is 114 cm³/mol. The van der Waals surface area contributed by atoms with Crippen LogP contribution in [0.4, 0.5) is 5.69 Å². The van der Waals surface area contributed by atoms with Crippen molar-refractivity contribution in [3.8, 4) is 11.6 Å². The quantitative estimate of drug-likeness (QED) is 0.301. The fourth-order valence-electron chi connectivity index (χ4n) is 3.14. The molecule has 0 bridgehead atoms. The third-order valence-electron chi connectivity index (χ3n) is 4.68. The standard InChI is InChI=1S/C23H17N3O4/c24-22(29)14-6-4-13(5-7-14)21(28)15-8-9-18-19(23(30)26-20(18)10-15)12-25-16-2-1-3-17(27)11-16/h1-12,26-27,30H,(H2,24,29). The molecular weight excluding hydrogens is 382 g/mol. The second-order valence-electron chi connectivity index (χ2n) is 6.70. The Bertz CT molecular complexity index is 1300. The summed E-state index contributed by atoms with van der Waals surface area (Å²) in [4.78, 5) is 31.1. The van der Waals surface area contributed by atoms with Crippen LogP contribution >= 0.6 is 0 Å². The van der Waals surface area contributed by atoms with Gasteiger partial charge in [0.05, 0.1) is 11.3 Å². The molecule has 4 rings (SSSR count). The van der Waals surface area contributed by atoms with Gasteiger partial charge in [0.25, 0.3) is 0 Å². The second kappa shape index (κ2) is 7.56. The van der Waals surface area contributed by atoms with Crippen LogP contribution in [0.1, 0.15) is 31.8 Å². The Hall–Kier alpha value is -4.39. The first-order valence-electron chi connectivity index (χ1n) is 9.05. The number of ketones is 1. The minimum absolute atomic E-state index is 0.0793. The maximum Gasteiger partial charge on any atom is 0.248 e. The Morgan fingerprint density at radius 3 is 2.30 bits per heavy atom. The van der Waals surface area contributed by atoms with E-state index in [1.54, 1.807) is 48.5 Å². The zero-order chi connectivity index (χ0) is 21.3. The third-order valence-corrected chi connectivity index (χ3v) is 4.68. The summed E-state index contributed by atoms with van der Waals surface area (Å²) in [5.41, 5.74) is 7.97. The normalized spacial score (nSPS) is 11.2. The van der Waals surface area contributed by atoms with Crippen molar-refractivity contribution in [1.82, 2.24) is 4.98 Å². The number of phenolic OH excluding ortho intramolecular Hbond substituents is 1. The van der Waals surface area contributed by atoms with Crippen molar-refractivity contribution in [2.75, 3.05) is 0 Å². The van der Waals surface area contributed by atoms with Crippen LogP contribution < -0.4 is 5.73 Å². The van der Waals surface area contributed by atoms with Crippen LogP contribution in [0.5, 0.6) is 11.6 Å². The van der Waals surface area contributed by atoms with E-state index in [4.69, 9.17) is 5.73 Å². The molecule has 1 heterocycles. The summed E-state index contributed by atoms with van der Waals surface area (Å²) < 4.78 is 0. The topological polar surface area (TPSA) is 129 Å². The molecular formula is C23H17N3O4. The number of H-pyrrole nitrogens is 1. The monoisotopic (exact) mass is 399 g/mol. The van der Waals surface area contributed by atoms with E-state index in [-0.39, 0.29) is 17.4 Å². The van der Waals surface area contributed by atoms with Crippen LogP contribution in [0.15, 0.2) is 71.7 Å². The highest BCUT2D eigenvalue weighted by Gasteiger charge is 2.14. The summed E-state index contributed by atoms with van der Waals surface area (Å²) >= 11 is 0. The van der Waals surface area contributed by atoms with Crippen LogP contribution in [-0.4, -0.2) is 33.1 Å². The lowest BCUT2D eigenvalue weighted by Crippen LogP contribution is -2.11. The minimum atomic E-state index is -0.558. The third kappa shape index (κ3) is 3.64. The van der Waals surface area contributed by atoms with Gasteiger partial charge in [-0.25, -0.2) is 0 Å². The van der Waals surface area contributed by atoms with Crippen LogP contribution in [-0.2, 0) is 0 Å². The van der Waals surface area contributed by atoms with E-state index in [0.29, 0.717) is 38.8 Å². The van der Waals surface area contributed by atoms with Crippen molar-refractivity contribution in [3.63, 3.8) is 0 Å². The number of primary amides is 1. The van der Waals surface area contributed by atoms with Crippen LogP contribution in [0.3, 0.4) is 0 Å². The van der Waals surface area contributed by atoms with E-state index >= 15 is 0 Å². The SMILES string of the molecule is NC(=O)c1ccc(C(=O)c2ccc3c(C=Nc4cccc(O)c4)c(O)[nH]c3c2)cc1. The molecule has 0 saturated carbocycles. The van der Waals surface area contributed by atoms with Gasteiger partial charge in [0, 0.05) is 39.9 Å². The lowest BCUT2D eigenvalue weighted by molar-refractivity contribution is 0.0997. The maximum absolute atomic E-state index is 12.8. The van der Waals surface area contributed by atoms with Gasteiger partial charge < -0.3 is 20.9 Å². The number of benzene rings is 3. The Morgan fingerprint density at radius 1 is 0.900 bits per heavy atom. The van der Waals surface area contributed by atoms with Gasteiger partial charge in [-0.1, -0.05) is 30.3 Å². The Kier molecular flexibility index (Phi) is 4.77. The number of aromatic amines is 1. The second-order valence-corrected chi connectivity index (χ2v) is 6.70. The molecule has 1 aromatic heterocycles. The Balaban J connectivity index is 1.65. The summed E-state index contributed by atoms with van der Waals surface area (Å²) in [5.74, 6) is -0.765. The van der Waals surface area contributed by atoms with Crippen LogP contribution in [0.2, 0.25) is 0 Å². The van der Waals surface area contributed by atoms with Crippen LogP contribution in [0.25, 0.3) is 10.9 Å². The molecule has 0 aliphatic heterocycles.